The van der Waals surface area contributed by atoms with Crippen LogP contribution < -0.4 is 4.90 Å². The molecule has 0 heterocycles. The van der Waals surface area contributed by atoms with Crippen LogP contribution in [0.25, 0.3) is 0 Å². The molecule has 0 aliphatic carbocycles. The first kappa shape index (κ1) is 18.0. The summed E-state index contributed by atoms with van der Waals surface area (Å²) in [5.74, 6) is -0.0847. The monoisotopic (exact) mass is 311 g/mol. The summed E-state index contributed by atoms with van der Waals surface area (Å²) in [6, 6.07) is 7.99. The molecule has 4 heteroatoms. The molecule has 0 N–H and O–H groups in total. The van der Waals surface area contributed by atoms with Gasteiger partial charge in [-0.15, -0.1) is 11.6 Å². The van der Waals surface area contributed by atoms with E-state index < -0.39 is 0 Å². The Morgan fingerprint density at radius 3 is 2.57 bits per heavy atom. The van der Waals surface area contributed by atoms with Crippen LogP contribution in [0.15, 0.2) is 24.3 Å². The van der Waals surface area contributed by atoms with Crippen LogP contribution in [0.3, 0.4) is 0 Å². The zero-order valence-electron chi connectivity index (χ0n) is 13.3. The van der Waals surface area contributed by atoms with Crippen molar-refractivity contribution in [3.8, 4) is 0 Å². The third-order valence-corrected chi connectivity index (χ3v) is 3.71. The minimum absolute atomic E-state index is 0.0116. The summed E-state index contributed by atoms with van der Waals surface area (Å²) in [6.07, 6.45) is 2.78. The SMILES string of the molecule is CCCOC(CC)CN(C(=O)CCl)c1ccccc1CC. The maximum absolute atomic E-state index is 12.2. The number of carbonyl (C=O) groups excluding carboxylic acids is 1. The van der Waals surface area contributed by atoms with Gasteiger partial charge in [-0.3, -0.25) is 4.79 Å². The zero-order chi connectivity index (χ0) is 15.7. The molecule has 0 saturated carbocycles. The lowest BCUT2D eigenvalue weighted by molar-refractivity contribution is -0.116. The quantitative estimate of drug-likeness (QED) is 0.644. The van der Waals surface area contributed by atoms with Gasteiger partial charge in [-0.25, -0.2) is 0 Å². The fraction of sp³-hybridized carbons (Fsp3) is 0.588. The molecule has 1 rings (SSSR count). The highest BCUT2D eigenvalue weighted by atomic mass is 35.5. The zero-order valence-corrected chi connectivity index (χ0v) is 14.0. The molecular weight excluding hydrogens is 286 g/mol. The molecule has 118 valence electrons. The second kappa shape index (κ2) is 9.80. The summed E-state index contributed by atoms with van der Waals surface area (Å²) < 4.78 is 5.82. The number of hydrogen-bond acceptors (Lipinski definition) is 2. The van der Waals surface area contributed by atoms with E-state index >= 15 is 0 Å². The summed E-state index contributed by atoms with van der Waals surface area (Å²) in [6.45, 7) is 7.53. The minimum Gasteiger partial charge on any atom is -0.376 e. The number of rotatable bonds is 9. The van der Waals surface area contributed by atoms with Gasteiger partial charge in [0.25, 0.3) is 0 Å². The number of anilines is 1. The first-order chi connectivity index (χ1) is 10.2. The van der Waals surface area contributed by atoms with Crippen molar-refractivity contribution >= 4 is 23.2 Å². The molecule has 21 heavy (non-hydrogen) atoms. The Hall–Kier alpha value is -1.06. The Morgan fingerprint density at radius 2 is 2.00 bits per heavy atom. The maximum Gasteiger partial charge on any atom is 0.242 e. The van der Waals surface area contributed by atoms with Gasteiger partial charge in [0.2, 0.25) is 5.91 Å². The van der Waals surface area contributed by atoms with Crippen LogP contribution in [-0.4, -0.2) is 31.0 Å². The number of hydrogen-bond donors (Lipinski definition) is 0. The summed E-state index contributed by atoms with van der Waals surface area (Å²) in [7, 11) is 0. The maximum atomic E-state index is 12.2. The van der Waals surface area contributed by atoms with Crippen molar-refractivity contribution in [3.63, 3.8) is 0 Å². The number of halogens is 1. The molecule has 3 nitrogen and oxygen atoms in total. The number of nitrogens with zero attached hydrogens (tertiary/aromatic N) is 1. The second-order valence-corrected chi connectivity index (χ2v) is 5.29. The predicted molar refractivity (Wildman–Crippen MR) is 89.2 cm³/mol. The van der Waals surface area contributed by atoms with Crippen molar-refractivity contribution in [1.29, 1.82) is 0 Å². The molecule has 0 aromatic heterocycles. The molecule has 1 amide bonds. The van der Waals surface area contributed by atoms with Crippen LogP contribution in [0.4, 0.5) is 5.69 Å². The summed E-state index contributed by atoms with van der Waals surface area (Å²) in [5.41, 5.74) is 2.10. The fourth-order valence-corrected chi connectivity index (χ4v) is 2.41. The van der Waals surface area contributed by atoms with Crippen molar-refractivity contribution in [3.05, 3.63) is 29.8 Å². The van der Waals surface area contributed by atoms with Gasteiger partial charge in [0.15, 0.2) is 0 Å². The number of carbonyl (C=O) groups is 1. The Morgan fingerprint density at radius 1 is 1.29 bits per heavy atom. The van der Waals surface area contributed by atoms with Gasteiger partial charge >= 0.3 is 0 Å². The van der Waals surface area contributed by atoms with Crippen LogP contribution in [0.5, 0.6) is 0 Å². The van der Waals surface area contributed by atoms with Crippen molar-refractivity contribution in [2.24, 2.45) is 0 Å². The molecule has 0 fully saturated rings. The van der Waals surface area contributed by atoms with E-state index in [4.69, 9.17) is 16.3 Å². The lowest BCUT2D eigenvalue weighted by Gasteiger charge is -2.28. The third-order valence-electron chi connectivity index (χ3n) is 3.48. The lowest BCUT2D eigenvalue weighted by Crippen LogP contribution is -2.40. The predicted octanol–water partition coefficient (Wildman–Crippen LogP) is 4.03. The topological polar surface area (TPSA) is 29.5 Å². The van der Waals surface area contributed by atoms with Crippen LogP contribution >= 0.6 is 11.6 Å². The molecule has 1 atom stereocenters. The molecule has 1 aromatic rings. The molecule has 1 aromatic carbocycles. The van der Waals surface area contributed by atoms with E-state index in [9.17, 15) is 4.79 Å². The van der Waals surface area contributed by atoms with Gasteiger partial charge in [0, 0.05) is 12.3 Å². The summed E-state index contributed by atoms with van der Waals surface area (Å²) in [4.78, 5) is 14.0. The van der Waals surface area contributed by atoms with Gasteiger partial charge in [-0.1, -0.05) is 39.0 Å². The van der Waals surface area contributed by atoms with E-state index in [-0.39, 0.29) is 17.9 Å². The molecule has 0 aliphatic rings. The number of aryl methyl sites for hydroxylation is 1. The van der Waals surface area contributed by atoms with E-state index in [1.165, 1.54) is 0 Å². The minimum atomic E-state index is -0.0730. The van der Waals surface area contributed by atoms with Crippen LogP contribution in [0.1, 0.15) is 39.2 Å². The van der Waals surface area contributed by atoms with Crippen LogP contribution in [-0.2, 0) is 16.0 Å². The summed E-state index contributed by atoms with van der Waals surface area (Å²) >= 11 is 5.79. The normalized spacial score (nSPS) is 12.2. The lowest BCUT2D eigenvalue weighted by atomic mass is 10.1. The van der Waals surface area contributed by atoms with Crippen LogP contribution in [0.2, 0.25) is 0 Å². The van der Waals surface area contributed by atoms with Gasteiger partial charge in [0.1, 0.15) is 5.88 Å². The third kappa shape index (κ3) is 5.33. The van der Waals surface area contributed by atoms with Crippen LogP contribution in [0, 0.1) is 0 Å². The number of alkyl halides is 1. The van der Waals surface area contributed by atoms with Crippen molar-refractivity contribution in [2.75, 3.05) is 23.9 Å². The summed E-state index contributed by atoms with van der Waals surface area (Å²) in [5, 5.41) is 0. The van der Waals surface area contributed by atoms with Gasteiger partial charge in [-0.05, 0) is 30.9 Å². The molecular formula is C17H26ClNO2. The molecule has 0 aliphatic heterocycles. The Kier molecular flexibility index (Phi) is 8.40. The van der Waals surface area contributed by atoms with E-state index in [1.54, 1.807) is 4.90 Å². The number of amides is 1. The number of ether oxygens (including phenoxy) is 1. The largest absolute Gasteiger partial charge is 0.376 e. The Bertz CT molecular complexity index is 437. The second-order valence-electron chi connectivity index (χ2n) is 5.02. The van der Waals surface area contributed by atoms with Crippen molar-refractivity contribution in [1.82, 2.24) is 0 Å². The Labute approximate surface area is 133 Å². The van der Waals surface area contributed by atoms with E-state index in [0.29, 0.717) is 6.54 Å². The number of para-hydroxylation sites is 1. The average Bonchev–Trinajstić information content (AvgIpc) is 2.54. The first-order valence-electron chi connectivity index (χ1n) is 7.73. The standard InChI is InChI=1S/C17H26ClNO2/c1-4-11-21-15(6-3)13-19(17(20)12-18)16-10-8-7-9-14(16)5-2/h7-10,15H,4-6,11-13H2,1-3H3. The van der Waals surface area contributed by atoms with Gasteiger partial charge < -0.3 is 9.64 Å². The molecule has 0 bridgehead atoms. The van der Waals surface area contributed by atoms with E-state index in [2.05, 4.69) is 26.8 Å². The highest BCUT2D eigenvalue weighted by Crippen LogP contribution is 2.22. The fourth-order valence-electron chi connectivity index (χ4n) is 2.27. The van der Waals surface area contributed by atoms with Gasteiger partial charge in [0.05, 0.1) is 12.6 Å². The first-order valence-corrected chi connectivity index (χ1v) is 8.27. The average molecular weight is 312 g/mol. The van der Waals surface area contributed by atoms with E-state index in [1.807, 2.05) is 18.2 Å². The van der Waals surface area contributed by atoms with Gasteiger partial charge in [-0.2, -0.15) is 0 Å². The van der Waals surface area contributed by atoms with Crippen molar-refractivity contribution < 1.29 is 9.53 Å². The molecule has 0 spiro atoms. The number of benzene rings is 1. The van der Waals surface area contributed by atoms with Crippen molar-refractivity contribution in [2.45, 2.75) is 46.1 Å². The molecule has 0 saturated heterocycles. The smallest absolute Gasteiger partial charge is 0.242 e. The van der Waals surface area contributed by atoms with E-state index in [0.717, 1.165) is 37.1 Å². The molecule has 0 radical (unpaired) electrons. The molecule has 1 unspecified atom stereocenters. The highest BCUT2D eigenvalue weighted by molar-refractivity contribution is 6.29. The Balaban J connectivity index is 2.97. The highest BCUT2D eigenvalue weighted by Gasteiger charge is 2.21.